The summed E-state index contributed by atoms with van der Waals surface area (Å²) in [4.78, 5) is 5.46. The fourth-order valence-corrected chi connectivity index (χ4v) is 4.21. The second kappa shape index (κ2) is 10.6. The maximum absolute atomic E-state index is 5.53. The number of rotatable bonds is 8. The van der Waals surface area contributed by atoms with Crippen LogP contribution in [0, 0.1) is 3.57 Å². The topological polar surface area (TPSA) is 57.3 Å². The zero-order valence-electron chi connectivity index (χ0n) is 17.9. The van der Waals surface area contributed by atoms with E-state index in [1.54, 1.807) is 21.3 Å². The quantitative estimate of drug-likeness (QED) is 0.220. The minimum Gasteiger partial charge on any atom is -0.493 e. The number of ether oxygens (including phenoxy) is 3. The van der Waals surface area contributed by atoms with E-state index < -0.39 is 0 Å². The van der Waals surface area contributed by atoms with E-state index in [9.17, 15) is 0 Å². The number of nitrogens with zero attached hydrogens (tertiary/aromatic N) is 3. The van der Waals surface area contributed by atoms with Crippen molar-refractivity contribution in [2.45, 2.75) is 6.92 Å². The molecule has 0 radical (unpaired) electrons. The van der Waals surface area contributed by atoms with Crippen molar-refractivity contribution >= 4 is 40.1 Å². The number of benzene rings is 2. The average Bonchev–Trinajstić information content (AvgIpc) is 3.18. The first kappa shape index (κ1) is 23.1. The summed E-state index contributed by atoms with van der Waals surface area (Å²) in [6, 6.07) is 11.9. The summed E-state index contributed by atoms with van der Waals surface area (Å²) in [5, 5.41) is 6.79. The zero-order chi connectivity index (χ0) is 22.4. The molecule has 3 rings (SSSR count). The van der Waals surface area contributed by atoms with Crippen LogP contribution in [0.25, 0.3) is 11.3 Å². The summed E-state index contributed by atoms with van der Waals surface area (Å²) in [5.41, 5.74) is 3.76. The lowest BCUT2D eigenvalue weighted by Crippen LogP contribution is -2.13. The van der Waals surface area contributed by atoms with Gasteiger partial charge in [0.1, 0.15) is 0 Å². The molecule has 0 fully saturated rings. The van der Waals surface area contributed by atoms with Crippen LogP contribution in [0.5, 0.6) is 17.2 Å². The summed E-state index contributed by atoms with van der Waals surface area (Å²) < 4.78 is 19.5. The number of halogens is 1. The zero-order valence-corrected chi connectivity index (χ0v) is 20.9. The van der Waals surface area contributed by atoms with Crippen molar-refractivity contribution in [2.75, 3.05) is 27.9 Å². The number of hydrogen-bond donors (Lipinski definition) is 0. The first-order valence-electron chi connectivity index (χ1n) is 9.43. The summed E-state index contributed by atoms with van der Waals surface area (Å²) in [6.07, 6.45) is 1.84. The molecule has 0 amide bonds. The predicted molar refractivity (Wildman–Crippen MR) is 135 cm³/mol. The molecule has 162 valence electrons. The molecule has 8 heteroatoms. The summed E-state index contributed by atoms with van der Waals surface area (Å²) in [6.45, 7) is 6.44. The van der Waals surface area contributed by atoms with E-state index in [-0.39, 0.29) is 0 Å². The van der Waals surface area contributed by atoms with Gasteiger partial charge >= 0.3 is 0 Å². The molecule has 0 spiro atoms. The first-order valence-corrected chi connectivity index (χ1v) is 11.4. The molecule has 0 unspecified atom stereocenters. The van der Waals surface area contributed by atoms with Crippen molar-refractivity contribution in [3.05, 3.63) is 67.9 Å². The maximum atomic E-state index is 5.53. The Balaban J connectivity index is 2.18. The fraction of sp³-hybridized carbons (Fsp3) is 0.217. The van der Waals surface area contributed by atoms with Crippen molar-refractivity contribution in [2.24, 2.45) is 10.1 Å². The van der Waals surface area contributed by atoms with E-state index in [4.69, 9.17) is 19.3 Å². The van der Waals surface area contributed by atoms with E-state index in [1.807, 2.05) is 59.6 Å². The van der Waals surface area contributed by atoms with Crippen molar-refractivity contribution in [1.82, 2.24) is 4.68 Å². The van der Waals surface area contributed by atoms with Crippen molar-refractivity contribution in [1.29, 1.82) is 0 Å². The molecule has 6 nitrogen and oxygen atoms in total. The molecule has 31 heavy (non-hydrogen) atoms. The lowest BCUT2D eigenvalue weighted by molar-refractivity contribution is 0.324. The Morgan fingerprint density at radius 3 is 2.39 bits per heavy atom. The SMILES string of the molecule is C=C(C)CN=c1scc(-c2cc(OC)c(OC)c(OC)c2)n1N=Cc1ccccc1I. The monoisotopic (exact) mass is 549 g/mol. The summed E-state index contributed by atoms with van der Waals surface area (Å²) in [7, 11) is 4.79. The van der Waals surface area contributed by atoms with Crippen LogP contribution >= 0.6 is 33.9 Å². The number of thiazole rings is 1. The Kier molecular flexibility index (Phi) is 7.91. The largest absolute Gasteiger partial charge is 0.493 e. The highest BCUT2D eigenvalue weighted by Gasteiger charge is 2.17. The standard InChI is InChI=1S/C23H24IN3O3S/c1-15(2)12-25-23-27(26-13-16-8-6-7-9-18(16)24)19(14-31-23)17-10-20(28-3)22(30-5)21(11-17)29-4/h6-11,13-14H,1,12H2,2-5H3. The molecule has 0 aliphatic heterocycles. The Labute approximate surface area is 199 Å². The molecule has 0 aliphatic carbocycles. The van der Waals surface area contributed by atoms with Gasteiger partial charge in [-0.2, -0.15) is 5.10 Å². The molecule has 0 aliphatic rings. The van der Waals surface area contributed by atoms with Gasteiger partial charge in [0.05, 0.1) is 39.8 Å². The van der Waals surface area contributed by atoms with Gasteiger partial charge in [-0.15, -0.1) is 11.3 Å². The van der Waals surface area contributed by atoms with Crippen molar-refractivity contribution in [3.8, 4) is 28.5 Å². The van der Waals surface area contributed by atoms with E-state index >= 15 is 0 Å². The van der Waals surface area contributed by atoms with Crippen LogP contribution in [0.4, 0.5) is 0 Å². The Hall–Kier alpha value is -2.59. The van der Waals surface area contributed by atoms with Crippen LogP contribution in [-0.4, -0.2) is 38.8 Å². The third kappa shape index (κ3) is 5.37. The van der Waals surface area contributed by atoms with E-state index in [0.717, 1.165) is 30.8 Å². The number of hydrogen-bond acceptors (Lipinski definition) is 6. The smallest absolute Gasteiger partial charge is 0.206 e. The normalized spacial score (nSPS) is 11.7. The fourth-order valence-electron chi connectivity index (χ4n) is 2.85. The summed E-state index contributed by atoms with van der Waals surface area (Å²) in [5.74, 6) is 1.71. The second-order valence-electron chi connectivity index (χ2n) is 6.67. The molecule has 0 saturated heterocycles. The second-order valence-corrected chi connectivity index (χ2v) is 8.67. The van der Waals surface area contributed by atoms with Crippen LogP contribution in [0.1, 0.15) is 12.5 Å². The van der Waals surface area contributed by atoms with Gasteiger partial charge in [0.25, 0.3) is 0 Å². The average molecular weight is 549 g/mol. The van der Waals surface area contributed by atoms with Crippen LogP contribution in [0.2, 0.25) is 0 Å². The van der Waals surface area contributed by atoms with Gasteiger partial charge in [0, 0.05) is 20.1 Å². The van der Waals surface area contributed by atoms with Gasteiger partial charge in [0.15, 0.2) is 11.5 Å². The lowest BCUT2D eigenvalue weighted by atomic mass is 10.1. The van der Waals surface area contributed by atoms with Gasteiger partial charge in [-0.1, -0.05) is 30.4 Å². The molecule has 1 heterocycles. The molecule has 2 aromatic carbocycles. The van der Waals surface area contributed by atoms with Gasteiger partial charge in [0.2, 0.25) is 10.6 Å². The van der Waals surface area contributed by atoms with Gasteiger partial charge < -0.3 is 14.2 Å². The Morgan fingerprint density at radius 1 is 1.13 bits per heavy atom. The third-order valence-electron chi connectivity index (χ3n) is 4.35. The maximum Gasteiger partial charge on any atom is 0.206 e. The van der Waals surface area contributed by atoms with E-state index in [2.05, 4.69) is 34.2 Å². The van der Waals surface area contributed by atoms with Crippen molar-refractivity contribution < 1.29 is 14.2 Å². The molecular formula is C23H24IN3O3S. The molecule has 0 saturated carbocycles. The highest BCUT2D eigenvalue weighted by atomic mass is 127. The summed E-state index contributed by atoms with van der Waals surface area (Å²) >= 11 is 3.82. The van der Waals surface area contributed by atoms with Crippen LogP contribution in [0.15, 0.2) is 64.0 Å². The van der Waals surface area contributed by atoms with E-state index in [1.165, 1.54) is 11.3 Å². The van der Waals surface area contributed by atoms with E-state index in [0.29, 0.717) is 23.8 Å². The molecule has 0 atom stereocenters. The van der Waals surface area contributed by atoms with Crippen LogP contribution in [0.3, 0.4) is 0 Å². The first-order chi connectivity index (χ1) is 15.0. The van der Waals surface area contributed by atoms with Crippen LogP contribution < -0.4 is 19.0 Å². The molecular weight excluding hydrogens is 525 g/mol. The predicted octanol–water partition coefficient (Wildman–Crippen LogP) is 5.21. The Morgan fingerprint density at radius 2 is 1.81 bits per heavy atom. The highest BCUT2D eigenvalue weighted by molar-refractivity contribution is 14.1. The lowest BCUT2D eigenvalue weighted by Gasteiger charge is -2.14. The minimum absolute atomic E-state index is 0.535. The van der Waals surface area contributed by atoms with Gasteiger partial charge in [-0.05, 0) is 47.7 Å². The van der Waals surface area contributed by atoms with Crippen molar-refractivity contribution in [3.63, 3.8) is 0 Å². The highest BCUT2D eigenvalue weighted by Crippen LogP contribution is 2.41. The minimum atomic E-state index is 0.535. The molecule has 1 aromatic heterocycles. The third-order valence-corrected chi connectivity index (χ3v) is 6.18. The van der Waals surface area contributed by atoms with Gasteiger partial charge in [-0.3, -0.25) is 4.99 Å². The molecule has 0 N–H and O–H groups in total. The molecule has 0 bridgehead atoms. The number of methoxy groups -OCH3 is 3. The van der Waals surface area contributed by atoms with Gasteiger partial charge in [-0.25, -0.2) is 4.68 Å². The molecule has 3 aromatic rings. The Bertz CT molecular complexity index is 1160. The van der Waals surface area contributed by atoms with Crippen LogP contribution in [-0.2, 0) is 0 Å². The number of aromatic nitrogens is 1.